The van der Waals surface area contributed by atoms with Crippen LogP contribution >= 0.6 is 0 Å². The topological polar surface area (TPSA) is 16.4 Å². The quantitative estimate of drug-likeness (QED) is 0.738. The highest BCUT2D eigenvalue weighted by Gasteiger charge is 2.10. The monoisotopic (exact) mass is 236 g/mol. The lowest BCUT2D eigenvalue weighted by atomic mass is 10.0. The van der Waals surface area contributed by atoms with E-state index in [0.717, 1.165) is 6.54 Å². The summed E-state index contributed by atoms with van der Waals surface area (Å²) in [4.78, 5) is 0. The van der Waals surface area contributed by atoms with Gasteiger partial charge in [0, 0.05) is 24.5 Å². The number of hydrogen-bond donors (Lipinski definition) is 1. The Bertz CT molecular complexity index is 653. The van der Waals surface area contributed by atoms with E-state index in [9.17, 15) is 0 Å². The third-order valence-electron chi connectivity index (χ3n) is 3.23. The van der Waals surface area contributed by atoms with Crippen LogP contribution in [0.1, 0.15) is 5.56 Å². The van der Waals surface area contributed by atoms with Gasteiger partial charge in [-0.15, -0.1) is 0 Å². The Morgan fingerprint density at radius 2 is 1.78 bits per heavy atom. The van der Waals surface area contributed by atoms with Crippen molar-refractivity contribution in [3.63, 3.8) is 0 Å². The summed E-state index contributed by atoms with van der Waals surface area (Å²) < 4.78 is 2.19. The molecule has 0 saturated carbocycles. The average molecular weight is 236 g/mol. The van der Waals surface area contributed by atoms with Gasteiger partial charge in [0.15, 0.2) is 0 Å². The minimum absolute atomic E-state index is 0.880. The summed E-state index contributed by atoms with van der Waals surface area (Å²) in [6, 6.07) is 16.9. The number of pyridine rings is 1. The van der Waals surface area contributed by atoms with Crippen molar-refractivity contribution >= 4 is 5.52 Å². The SMILES string of the molecule is CNCc1c(-c2ccccc2)cn2ccccc12. The van der Waals surface area contributed by atoms with Crippen LogP contribution in [0.5, 0.6) is 0 Å². The van der Waals surface area contributed by atoms with Crippen LogP contribution in [0.4, 0.5) is 0 Å². The normalized spacial score (nSPS) is 10.9. The second kappa shape index (κ2) is 4.67. The molecule has 2 aromatic heterocycles. The Balaban J connectivity index is 2.25. The summed E-state index contributed by atoms with van der Waals surface area (Å²) in [5.41, 5.74) is 5.19. The van der Waals surface area contributed by atoms with E-state index in [1.807, 2.05) is 7.05 Å². The molecule has 3 rings (SSSR count). The maximum Gasteiger partial charge on any atom is 0.0501 e. The molecule has 0 aliphatic rings. The molecule has 0 aliphatic heterocycles. The number of rotatable bonds is 3. The molecule has 18 heavy (non-hydrogen) atoms. The highest BCUT2D eigenvalue weighted by Crippen LogP contribution is 2.28. The molecule has 0 bridgehead atoms. The third kappa shape index (κ3) is 1.81. The van der Waals surface area contributed by atoms with E-state index >= 15 is 0 Å². The molecule has 0 aliphatic carbocycles. The summed E-state index contributed by atoms with van der Waals surface area (Å²) in [5, 5.41) is 3.26. The van der Waals surface area contributed by atoms with Gasteiger partial charge >= 0.3 is 0 Å². The second-order valence-corrected chi connectivity index (χ2v) is 4.41. The van der Waals surface area contributed by atoms with Crippen LogP contribution < -0.4 is 5.32 Å². The van der Waals surface area contributed by atoms with Crippen molar-refractivity contribution in [2.45, 2.75) is 6.54 Å². The van der Waals surface area contributed by atoms with Gasteiger partial charge < -0.3 is 9.72 Å². The van der Waals surface area contributed by atoms with Crippen molar-refractivity contribution in [3.8, 4) is 11.1 Å². The van der Waals surface area contributed by atoms with Crippen LogP contribution in [0.15, 0.2) is 60.9 Å². The number of hydrogen-bond acceptors (Lipinski definition) is 1. The molecule has 2 heteroatoms. The van der Waals surface area contributed by atoms with Gasteiger partial charge in [-0.1, -0.05) is 36.4 Å². The third-order valence-corrected chi connectivity index (χ3v) is 3.23. The van der Waals surface area contributed by atoms with Crippen LogP contribution in [0, 0.1) is 0 Å². The number of aromatic nitrogens is 1. The van der Waals surface area contributed by atoms with Crippen molar-refractivity contribution < 1.29 is 0 Å². The standard InChI is InChI=1S/C16H16N2/c1-17-11-14-15(13-7-3-2-4-8-13)12-18-10-6-5-9-16(14)18/h2-10,12,17H,11H2,1H3. The maximum atomic E-state index is 3.26. The molecule has 0 saturated heterocycles. The van der Waals surface area contributed by atoms with Gasteiger partial charge in [0.2, 0.25) is 0 Å². The second-order valence-electron chi connectivity index (χ2n) is 4.41. The zero-order chi connectivity index (χ0) is 12.4. The lowest BCUT2D eigenvalue weighted by molar-refractivity contribution is 0.825. The first-order valence-corrected chi connectivity index (χ1v) is 6.19. The first-order valence-electron chi connectivity index (χ1n) is 6.19. The Morgan fingerprint density at radius 1 is 1.00 bits per heavy atom. The molecule has 90 valence electrons. The zero-order valence-electron chi connectivity index (χ0n) is 10.4. The van der Waals surface area contributed by atoms with Gasteiger partial charge in [-0.2, -0.15) is 0 Å². The number of nitrogens with one attached hydrogen (secondary N) is 1. The first kappa shape index (κ1) is 11.1. The van der Waals surface area contributed by atoms with E-state index in [0.29, 0.717) is 0 Å². The molecule has 0 spiro atoms. The molecule has 1 N–H and O–H groups in total. The van der Waals surface area contributed by atoms with Gasteiger partial charge in [-0.25, -0.2) is 0 Å². The number of nitrogens with zero attached hydrogens (tertiary/aromatic N) is 1. The van der Waals surface area contributed by atoms with E-state index in [1.165, 1.54) is 22.2 Å². The smallest absolute Gasteiger partial charge is 0.0501 e. The van der Waals surface area contributed by atoms with Gasteiger partial charge in [-0.3, -0.25) is 0 Å². The minimum Gasteiger partial charge on any atom is -0.323 e. The van der Waals surface area contributed by atoms with E-state index in [4.69, 9.17) is 0 Å². The lowest BCUT2D eigenvalue weighted by Crippen LogP contribution is -2.05. The molecular formula is C16H16N2. The van der Waals surface area contributed by atoms with Crippen LogP contribution in [-0.2, 0) is 6.54 Å². The van der Waals surface area contributed by atoms with Gasteiger partial charge in [0.05, 0.1) is 5.52 Å². The molecule has 3 aromatic rings. The molecule has 2 nitrogen and oxygen atoms in total. The van der Waals surface area contributed by atoms with Crippen molar-refractivity contribution in [3.05, 3.63) is 66.5 Å². The van der Waals surface area contributed by atoms with Gasteiger partial charge in [0.1, 0.15) is 0 Å². The predicted octanol–water partition coefficient (Wildman–Crippen LogP) is 3.33. The maximum absolute atomic E-state index is 3.26. The molecular weight excluding hydrogens is 220 g/mol. The molecule has 0 amide bonds. The predicted molar refractivity (Wildman–Crippen MR) is 75.6 cm³/mol. The highest BCUT2D eigenvalue weighted by atomic mass is 14.9. The zero-order valence-corrected chi connectivity index (χ0v) is 10.4. The summed E-state index contributed by atoms with van der Waals surface area (Å²) in [6.07, 6.45) is 4.30. The van der Waals surface area contributed by atoms with Crippen LogP contribution in [-0.4, -0.2) is 11.4 Å². The highest BCUT2D eigenvalue weighted by molar-refractivity contribution is 5.76. The molecule has 0 atom stereocenters. The van der Waals surface area contributed by atoms with Crippen LogP contribution in [0.2, 0.25) is 0 Å². The Morgan fingerprint density at radius 3 is 2.56 bits per heavy atom. The van der Waals surface area contributed by atoms with Crippen LogP contribution in [0.25, 0.3) is 16.6 Å². The van der Waals surface area contributed by atoms with Crippen molar-refractivity contribution in [1.82, 2.24) is 9.72 Å². The molecule has 0 unspecified atom stereocenters. The fourth-order valence-electron chi connectivity index (χ4n) is 2.41. The number of benzene rings is 1. The fraction of sp³-hybridized carbons (Fsp3) is 0.125. The fourth-order valence-corrected chi connectivity index (χ4v) is 2.41. The molecule has 1 aromatic carbocycles. The summed E-state index contributed by atoms with van der Waals surface area (Å²) in [5.74, 6) is 0. The molecule has 2 heterocycles. The summed E-state index contributed by atoms with van der Waals surface area (Å²) >= 11 is 0. The van der Waals surface area contributed by atoms with E-state index in [2.05, 4.69) is 70.6 Å². The lowest BCUT2D eigenvalue weighted by Gasteiger charge is -2.04. The van der Waals surface area contributed by atoms with E-state index in [1.54, 1.807) is 0 Å². The van der Waals surface area contributed by atoms with E-state index in [-0.39, 0.29) is 0 Å². The Kier molecular flexibility index (Phi) is 2.87. The van der Waals surface area contributed by atoms with E-state index < -0.39 is 0 Å². The number of fused-ring (bicyclic) bond motifs is 1. The summed E-state index contributed by atoms with van der Waals surface area (Å²) in [6.45, 7) is 0.880. The Labute approximate surface area is 107 Å². The van der Waals surface area contributed by atoms with Gasteiger partial charge in [0.25, 0.3) is 0 Å². The first-order chi connectivity index (χ1) is 8.90. The van der Waals surface area contributed by atoms with Gasteiger partial charge in [-0.05, 0) is 30.3 Å². The molecule has 0 fully saturated rings. The largest absolute Gasteiger partial charge is 0.323 e. The van der Waals surface area contributed by atoms with Crippen molar-refractivity contribution in [1.29, 1.82) is 0 Å². The van der Waals surface area contributed by atoms with Crippen molar-refractivity contribution in [2.75, 3.05) is 7.05 Å². The summed E-state index contributed by atoms with van der Waals surface area (Å²) in [7, 11) is 1.99. The molecule has 0 radical (unpaired) electrons. The average Bonchev–Trinajstić information content (AvgIpc) is 2.80. The Hall–Kier alpha value is -2.06. The minimum atomic E-state index is 0.880. The van der Waals surface area contributed by atoms with Crippen LogP contribution in [0.3, 0.4) is 0 Å². The van der Waals surface area contributed by atoms with Crippen molar-refractivity contribution in [2.24, 2.45) is 0 Å².